The Morgan fingerprint density at radius 1 is 1.18 bits per heavy atom. The number of carbonyl (C=O) groups excluding carboxylic acids is 1. The molecule has 5 nitrogen and oxygen atoms in total. The quantitative estimate of drug-likeness (QED) is 0.401. The minimum absolute atomic E-state index is 0.311. The highest BCUT2D eigenvalue weighted by molar-refractivity contribution is 7.13. The van der Waals surface area contributed by atoms with Gasteiger partial charge in [-0.2, -0.15) is 10.2 Å². The molecule has 1 amide bonds. The van der Waals surface area contributed by atoms with Crippen molar-refractivity contribution in [3.05, 3.63) is 75.1 Å². The van der Waals surface area contributed by atoms with Crippen molar-refractivity contribution < 1.29 is 4.79 Å². The molecule has 2 N–H and O–H groups in total. The summed E-state index contributed by atoms with van der Waals surface area (Å²) in [5.74, 6) is -0.311. The Bertz CT molecular complexity index is 1220. The number of hydrogen-bond acceptors (Lipinski definition) is 4. The second-order valence-electron chi connectivity index (χ2n) is 6.93. The van der Waals surface area contributed by atoms with E-state index in [1.807, 2.05) is 19.1 Å². The number of aromatic nitrogens is 2. The van der Waals surface area contributed by atoms with Crippen molar-refractivity contribution in [1.82, 2.24) is 15.6 Å². The van der Waals surface area contributed by atoms with Crippen molar-refractivity contribution in [3.63, 3.8) is 0 Å². The van der Waals surface area contributed by atoms with Crippen molar-refractivity contribution in [1.29, 1.82) is 0 Å². The smallest absolute Gasteiger partial charge is 0.272 e. The summed E-state index contributed by atoms with van der Waals surface area (Å²) in [6.45, 7) is 2.03. The van der Waals surface area contributed by atoms with Crippen LogP contribution >= 0.6 is 11.3 Å². The number of thiophene rings is 1. The third kappa shape index (κ3) is 2.92. The molecule has 0 bridgehead atoms. The van der Waals surface area contributed by atoms with E-state index in [1.54, 1.807) is 23.6 Å². The molecule has 0 aliphatic heterocycles. The zero-order valence-corrected chi connectivity index (χ0v) is 16.1. The van der Waals surface area contributed by atoms with E-state index in [9.17, 15) is 4.79 Å². The second kappa shape index (κ2) is 6.73. The average Bonchev–Trinajstić information content (AvgIpc) is 3.43. The summed E-state index contributed by atoms with van der Waals surface area (Å²) >= 11 is 1.62. The Labute approximate surface area is 166 Å². The Hall–Kier alpha value is -3.25. The minimum atomic E-state index is -0.311. The fraction of sp³-hybridized carbons (Fsp3) is 0.136. The summed E-state index contributed by atoms with van der Waals surface area (Å²) in [4.78, 5) is 14.6. The molecule has 6 heteroatoms. The van der Waals surface area contributed by atoms with Gasteiger partial charge in [0.15, 0.2) is 0 Å². The van der Waals surface area contributed by atoms with E-state index in [1.165, 1.54) is 26.8 Å². The average molecular weight is 386 g/mol. The molecule has 0 unspecified atom stereocenters. The van der Waals surface area contributed by atoms with Crippen molar-refractivity contribution in [2.75, 3.05) is 0 Å². The highest BCUT2D eigenvalue weighted by Gasteiger charge is 2.18. The molecule has 4 aromatic rings. The number of hydrogen-bond donors (Lipinski definition) is 2. The Balaban J connectivity index is 1.40. The molecule has 138 valence electrons. The highest BCUT2D eigenvalue weighted by atomic mass is 32.1. The maximum absolute atomic E-state index is 12.4. The van der Waals surface area contributed by atoms with Crippen LogP contribution in [0.1, 0.15) is 31.4 Å². The topological polar surface area (TPSA) is 70.1 Å². The molecule has 2 heterocycles. The van der Waals surface area contributed by atoms with Crippen molar-refractivity contribution in [3.8, 4) is 11.3 Å². The number of H-pyrrole nitrogens is 1. The van der Waals surface area contributed by atoms with Gasteiger partial charge in [-0.25, -0.2) is 5.43 Å². The number of benzene rings is 2. The van der Waals surface area contributed by atoms with Crippen LogP contribution in [0.2, 0.25) is 0 Å². The predicted molar refractivity (Wildman–Crippen MR) is 113 cm³/mol. The molecule has 5 rings (SSSR count). The van der Waals surface area contributed by atoms with E-state index in [2.05, 4.69) is 51.1 Å². The van der Waals surface area contributed by atoms with Gasteiger partial charge in [0.25, 0.3) is 5.91 Å². The van der Waals surface area contributed by atoms with Gasteiger partial charge in [-0.1, -0.05) is 30.3 Å². The van der Waals surface area contributed by atoms with Crippen LogP contribution in [0.4, 0.5) is 0 Å². The molecular weight excluding hydrogens is 368 g/mol. The van der Waals surface area contributed by atoms with Crippen LogP contribution in [0.15, 0.2) is 53.6 Å². The standard InChI is InChI=1S/C22H18N4OS/c1-13-5-9-16(28-13)12-23-26-22(27)20-11-19(24-25-20)17-10-8-15-7-6-14-3-2-4-18(17)21(14)15/h2-5,8-12H,6-7H2,1H3,(H,24,25)(H,26,27)/b23-12-. The van der Waals surface area contributed by atoms with Gasteiger partial charge in [-0.05, 0) is 59.9 Å². The molecule has 0 saturated heterocycles. The number of nitrogens with one attached hydrogen (secondary N) is 2. The van der Waals surface area contributed by atoms with Gasteiger partial charge in [0.2, 0.25) is 0 Å². The fourth-order valence-corrected chi connectivity index (χ4v) is 4.53. The lowest BCUT2D eigenvalue weighted by Crippen LogP contribution is -2.17. The molecule has 1 aliphatic rings. The molecule has 0 saturated carbocycles. The van der Waals surface area contributed by atoms with Crippen LogP contribution in [-0.4, -0.2) is 22.3 Å². The Morgan fingerprint density at radius 2 is 2.04 bits per heavy atom. The fourth-order valence-electron chi connectivity index (χ4n) is 3.78. The lowest BCUT2D eigenvalue weighted by Gasteiger charge is -2.06. The summed E-state index contributed by atoms with van der Waals surface area (Å²) < 4.78 is 0. The van der Waals surface area contributed by atoms with E-state index in [4.69, 9.17) is 0 Å². The molecule has 0 atom stereocenters. The van der Waals surface area contributed by atoms with E-state index in [0.29, 0.717) is 5.69 Å². The van der Waals surface area contributed by atoms with E-state index in [-0.39, 0.29) is 5.91 Å². The second-order valence-corrected chi connectivity index (χ2v) is 8.25. The zero-order valence-electron chi connectivity index (χ0n) is 15.3. The molecule has 0 radical (unpaired) electrons. The maximum Gasteiger partial charge on any atom is 0.289 e. The van der Waals surface area contributed by atoms with Gasteiger partial charge in [0.05, 0.1) is 11.9 Å². The van der Waals surface area contributed by atoms with Crippen LogP contribution < -0.4 is 5.43 Å². The van der Waals surface area contributed by atoms with Gasteiger partial charge in [-0.3, -0.25) is 9.89 Å². The normalized spacial score (nSPS) is 12.9. The first kappa shape index (κ1) is 16.9. The summed E-state index contributed by atoms with van der Waals surface area (Å²) in [6.07, 6.45) is 3.83. The molecule has 2 aromatic carbocycles. The zero-order chi connectivity index (χ0) is 19.1. The van der Waals surface area contributed by atoms with Crippen LogP contribution in [-0.2, 0) is 12.8 Å². The first-order valence-corrected chi connectivity index (χ1v) is 10.00. The van der Waals surface area contributed by atoms with Crippen LogP contribution in [0.3, 0.4) is 0 Å². The number of aryl methyl sites for hydroxylation is 3. The van der Waals surface area contributed by atoms with Gasteiger partial charge in [0, 0.05) is 15.3 Å². The number of carbonyl (C=O) groups is 1. The van der Waals surface area contributed by atoms with E-state index in [0.717, 1.165) is 29.0 Å². The largest absolute Gasteiger partial charge is 0.289 e. The van der Waals surface area contributed by atoms with Crippen molar-refractivity contribution >= 4 is 34.2 Å². The van der Waals surface area contributed by atoms with Gasteiger partial charge in [0.1, 0.15) is 5.69 Å². The molecule has 1 aliphatic carbocycles. The predicted octanol–water partition coefficient (Wildman–Crippen LogP) is 4.46. The van der Waals surface area contributed by atoms with Gasteiger partial charge < -0.3 is 0 Å². The summed E-state index contributed by atoms with van der Waals surface area (Å²) in [5, 5.41) is 13.8. The number of amides is 1. The molecular formula is C22H18N4OS. The highest BCUT2D eigenvalue weighted by Crippen LogP contribution is 2.36. The lowest BCUT2D eigenvalue weighted by atomic mass is 9.98. The van der Waals surface area contributed by atoms with Crippen LogP contribution in [0.25, 0.3) is 22.0 Å². The SMILES string of the molecule is Cc1ccc(/C=N\NC(=O)c2cc(-c3ccc4c5c(cccc35)CC4)n[nH]2)s1. The first-order valence-electron chi connectivity index (χ1n) is 9.18. The van der Waals surface area contributed by atoms with Crippen LogP contribution in [0, 0.1) is 6.92 Å². The maximum atomic E-state index is 12.4. The lowest BCUT2D eigenvalue weighted by molar-refractivity contribution is 0.0950. The molecule has 0 spiro atoms. The summed E-state index contributed by atoms with van der Waals surface area (Å²) in [7, 11) is 0. The van der Waals surface area contributed by atoms with Crippen LogP contribution in [0.5, 0.6) is 0 Å². The van der Waals surface area contributed by atoms with E-state index < -0.39 is 0 Å². The van der Waals surface area contributed by atoms with Gasteiger partial charge >= 0.3 is 0 Å². The third-order valence-electron chi connectivity index (χ3n) is 5.09. The molecule has 28 heavy (non-hydrogen) atoms. The number of aromatic amines is 1. The number of rotatable bonds is 4. The third-order valence-corrected chi connectivity index (χ3v) is 6.03. The van der Waals surface area contributed by atoms with Crippen molar-refractivity contribution in [2.24, 2.45) is 5.10 Å². The molecule has 0 fully saturated rings. The first-order chi connectivity index (χ1) is 13.7. The Morgan fingerprint density at radius 3 is 2.86 bits per heavy atom. The summed E-state index contributed by atoms with van der Waals surface area (Å²) in [5.41, 5.74) is 7.52. The Kier molecular flexibility index (Phi) is 4.06. The number of nitrogens with zero attached hydrogens (tertiary/aromatic N) is 2. The molecule has 2 aromatic heterocycles. The summed E-state index contributed by atoms with van der Waals surface area (Å²) in [6, 6.07) is 16.5. The van der Waals surface area contributed by atoms with E-state index >= 15 is 0 Å². The van der Waals surface area contributed by atoms with Gasteiger partial charge in [-0.15, -0.1) is 11.3 Å². The van der Waals surface area contributed by atoms with Crippen molar-refractivity contribution in [2.45, 2.75) is 19.8 Å². The monoisotopic (exact) mass is 386 g/mol. The number of hydrazone groups is 1. The minimum Gasteiger partial charge on any atom is -0.272 e.